The van der Waals surface area contributed by atoms with Crippen LogP contribution in [0.4, 0.5) is 10.1 Å². The number of thiol groups is 1. The minimum absolute atomic E-state index is 0.0685. The average Bonchev–Trinajstić information content (AvgIpc) is 3.03. The van der Waals surface area contributed by atoms with Gasteiger partial charge in [0.05, 0.1) is 17.3 Å². The number of rotatable bonds is 3. The molecule has 1 heterocycles. The molecular weight excluding hydrogens is 349 g/mol. The normalized spacial score (nSPS) is 9.77. The van der Waals surface area contributed by atoms with Gasteiger partial charge in [0, 0.05) is 29.3 Å². The number of aromatic amines is 1. The third-order valence-corrected chi connectivity index (χ3v) is 4.08. The largest absolute Gasteiger partial charge is 0.396 e. The van der Waals surface area contributed by atoms with Crippen molar-refractivity contribution in [3.8, 4) is 6.07 Å². The van der Waals surface area contributed by atoms with Crippen molar-refractivity contribution in [3.05, 3.63) is 82.9 Å². The minimum atomic E-state index is -0.543. The van der Waals surface area contributed by atoms with E-state index in [-0.39, 0.29) is 17.0 Å². The number of nitrogens with two attached hydrogens (primary N) is 1. The van der Waals surface area contributed by atoms with Crippen LogP contribution in [0.1, 0.15) is 34.0 Å². The fourth-order valence-corrected chi connectivity index (χ4v) is 2.46. The lowest BCUT2D eigenvalue weighted by Crippen LogP contribution is -1.94. The van der Waals surface area contributed by atoms with E-state index in [2.05, 4.69) is 17.6 Å². The van der Waals surface area contributed by atoms with Gasteiger partial charge < -0.3 is 10.7 Å². The van der Waals surface area contributed by atoms with Crippen molar-refractivity contribution in [1.82, 2.24) is 4.98 Å². The van der Waals surface area contributed by atoms with E-state index < -0.39 is 5.82 Å². The number of nitriles is 1. The van der Waals surface area contributed by atoms with E-state index in [1.165, 1.54) is 12.1 Å². The third-order valence-electron chi connectivity index (χ3n) is 3.66. The molecule has 0 saturated heterocycles. The van der Waals surface area contributed by atoms with Crippen molar-refractivity contribution in [1.29, 1.82) is 5.26 Å². The first kappa shape index (κ1) is 19.3. The summed E-state index contributed by atoms with van der Waals surface area (Å²) in [7, 11) is 0. The van der Waals surface area contributed by atoms with Crippen LogP contribution in [0.15, 0.2) is 59.8 Å². The Hall–Kier alpha value is -3.04. The van der Waals surface area contributed by atoms with Crippen molar-refractivity contribution in [3.63, 3.8) is 0 Å². The number of halogens is 1. The second-order valence-electron chi connectivity index (χ2n) is 5.65. The molecule has 3 rings (SSSR count). The first-order valence-electron chi connectivity index (χ1n) is 7.80. The summed E-state index contributed by atoms with van der Waals surface area (Å²) in [6.07, 6.45) is 4.58. The van der Waals surface area contributed by atoms with Gasteiger partial charge in [-0.15, -0.1) is 12.6 Å². The summed E-state index contributed by atoms with van der Waals surface area (Å²) >= 11 is 4.35. The highest BCUT2D eigenvalue weighted by atomic mass is 32.1. The van der Waals surface area contributed by atoms with E-state index in [9.17, 15) is 9.18 Å². The fourth-order valence-electron chi connectivity index (χ4n) is 2.25. The molecule has 0 radical (unpaired) electrons. The molecule has 132 valence electrons. The SMILES string of the molecule is CC(=O)c1cccc(Cc2c[nH]cc2S)c1.N#Cc1ccc(N)c(F)c1. The zero-order valence-electron chi connectivity index (χ0n) is 14.2. The summed E-state index contributed by atoms with van der Waals surface area (Å²) < 4.78 is 12.5. The zero-order chi connectivity index (χ0) is 19.1. The molecule has 0 spiro atoms. The monoisotopic (exact) mass is 367 g/mol. The fraction of sp³-hybridized carbons (Fsp3) is 0.100. The number of hydrogen-bond donors (Lipinski definition) is 3. The number of nitrogen functional groups attached to an aromatic ring is 1. The first-order chi connectivity index (χ1) is 12.4. The van der Waals surface area contributed by atoms with Gasteiger partial charge in [-0.25, -0.2) is 4.39 Å². The molecule has 6 heteroatoms. The number of Topliss-reactive ketones (excluding diaryl/α,β-unsaturated/α-hetero) is 1. The number of nitrogens with zero attached hydrogens (tertiary/aromatic N) is 1. The van der Waals surface area contributed by atoms with Gasteiger partial charge in [0.1, 0.15) is 5.82 Å². The summed E-state index contributed by atoms with van der Waals surface area (Å²) in [6.45, 7) is 1.58. The van der Waals surface area contributed by atoms with E-state index in [4.69, 9.17) is 11.0 Å². The Balaban J connectivity index is 0.000000209. The number of anilines is 1. The summed E-state index contributed by atoms with van der Waals surface area (Å²) in [5.41, 5.74) is 8.54. The van der Waals surface area contributed by atoms with Crippen LogP contribution in [0.25, 0.3) is 0 Å². The summed E-state index contributed by atoms with van der Waals surface area (Å²) in [5.74, 6) is -0.443. The van der Waals surface area contributed by atoms with Crippen molar-refractivity contribution >= 4 is 24.1 Å². The third kappa shape index (κ3) is 5.23. The molecule has 26 heavy (non-hydrogen) atoms. The van der Waals surface area contributed by atoms with E-state index in [0.29, 0.717) is 0 Å². The smallest absolute Gasteiger partial charge is 0.159 e. The quantitative estimate of drug-likeness (QED) is 0.365. The number of benzene rings is 2. The lowest BCUT2D eigenvalue weighted by molar-refractivity contribution is 0.101. The van der Waals surface area contributed by atoms with E-state index in [1.54, 1.807) is 13.0 Å². The molecule has 0 bridgehead atoms. The standard InChI is InChI=1S/C13H13NOS.C7H5FN2/c1-9(15)11-4-2-3-10(5-11)6-12-7-14-8-13(12)16;8-6-3-5(4-9)1-2-7(6)10/h2-5,7-8,14,16H,6H2,1H3;1-3H,10H2. The van der Waals surface area contributed by atoms with Crippen molar-refractivity contribution < 1.29 is 9.18 Å². The maximum Gasteiger partial charge on any atom is 0.159 e. The number of carbonyl (C=O) groups is 1. The maximum atomic E-state index is 12.5. The number of ketones is 1. The molecule has 2 aromatic carbocycles. The van der Waals surface area contributed by atoms with Gasteiger partial charge in [-0.1, -0.05) is 18.2 Å². The van der Waals surface area contributed by atoms with Gasteiger partial charge in [0.15, 0.2) is 5.78 Å². The van der Waals surface area contributed by atoms with Crippen LogP contribution in [0, 0.1) is 17.1 Å². The summed E-state index contributed by atoms with van der Waals surface area (Å²) in [4.78, 5) is 15.2. The van der Waals surface area contributed by atoms with Crippen LogP contribution >= 0.6 is 12.6 Å². The lowest BCUT2D eigenvalue weighted by Gasteiger charge is -2.02. The summed E-state index contributed by atoms with van der Waals surface area (Å²) in [5, 5.41) is 8.30. The van der Waals surface area contributed by atoms with Crippen LogP contribution in [-0.4, -0.2) is 10.8 Å². The van der Waals surface area contributed by atoms with E-state index in [1.807, 2.05) is 36.7 Å². The molecule has 1 aromatic heterocycles. The van der Waals surface area contributed by atoms with Gasteiger partial charge in [0.25, 0.3) is 0 Å². The number of H-pyrrole nitrogens is 1. The second-order valence-corrected chi connectivity index (χ2v) is 6.13. The number of nitrogens with one attached hydrogen (secondary N) is 1. The molecule has 0 unspecified atom stereocenters. The molecule has 0 atom stereocenters. The Labute approximate surface area is 156 Å². The minimum Gasteiger partial charge on any atom is -0.396 e. The van der Waals surface area contributed by atoms with Gasteiger partial charge in [-0.3, -0.25) is 4.79 Å². The highest BCUT2D eigenvalue weighted by Gasteiger charge is 2.04. The summed E-state index contributed by atoms with van der Waals surface area (Å²) in [6, 6.07) is 13.5. The van der Waals surface area contributed by atoms with Gasteiger partial charge in [0.2, 0.25) is 0 Å². The molecule has 0 aliphatic rings. The average molecular weight is 367 g/mol. The highest BCUT2D eigenvalue weighted by Crippen LogP contribution is 2.18. The molecule has 0 amide bonds. The van der Waals surface area contributed by atoms with Crippen LogP contribution < -0.4 is 5.73 Å². The number of aromatic nitrogens is 1. The Bertz CT molecular complexity index is 960. The van der Waals surface area contributed by atoms with Crippen LogP contribution in [0.2, 0.25) is 0 Å². The van der Waals surface area contributed by atoms with Gasteiger partial charge >= 0.3 is 0 Å². The molecule has 3 aromatic rings. The van der Waals surface area contributed by atoms with Crippen molar-refractivity contribution in [2.24, 2.45) is 0 Å². The van der Waals surface area contributed by atoms with Gasteiger partial charge in [-0.2, -0.15) is 5.26 Å². The van der Waals surface area contributed by atoms with Crippen LogP contribution in [0.3, 0.4) is 0 Å². The molecule has 3 N–H and O–H groups in total. The van der Waals surface area contributed by atoms with Crippen LogP contribution in [-0.2, 0) is 6.42 Å². The van der Waals surface area contributed by atoms with Crippen LogP contribution in [0.5, 0.6) is 0 Å². The molecule has 4 nitrogen and oxygen atoms in total. The molecule has 0 aliphatic heterocycles. The predicted molar refractivity (Wildman–Crippen MR) is 103 cm³/mol. The second kappa shape index (κ2) is 8.88. The molecular formula is C20H18FN3OS. The predicted octanol–water partition coefficient (Wildman–Crippen LogP) is 4.38. The topological polar surface area (TPSA) is 82.7 Å². The number of hydrogen-bond acceptors (Lipinski definition) is 4. The Morgan fingerprint density at radius 1 is 1.27 bits per heavy atom. The Kier molecular flexibility index (Phi) is 6.59. The van der Waals surface area contributed by atoms with Crippen molar-refractivity contribution in [2.45, 2.75) is 18.2 Å². The maximum absolute atomic E-state index is 12.5. The lowest BCUT2D eigenvalue weighted by atomic mass is 10.0. The Morgan fingerprint density at radius 3 is 2.62 bits per heavy atom. The molecule has 0 fully saturated rings. The molecule has 0 aliphatic carbocycles. The highest BCUT2D eigenvalue weighted by molar-refractivity contribution is 7.80. The first-order valence-corrected chi connectivity index (χ1v) is 8.25. The van der Waals surface area contributed by atoms with Crippen molar-refractivity contribution in [2.75, 3.05) is 5.73 Å². The Morgan fingerprint density at radius 2 is 2.04 bits per heavy atom. The van der Waals surface area contributed by atoms with Gasteiger partial charge in [-0.05, 0) is 42.3 Å². The number of carbonyl (C=O) groups excluding carboxylic acids is 1. The molecule has 0 saturated carbocycles. The van der Waals surface area contributed by atoms with E-state index >= 15 is 0 Å². The van der Waals surface area contributed by atoms with E-state index in [0.717, 1.165) is 34.1 Å². The zero-order valence-corrected chi connectivity index (χ0v) is 15.1.